The summed E-state index contributed by atoms with van der Waals surface area (Å²) in [7, 11) is 1.57. The van der Waals surface area contributed by atoms with Crippen molar-refractivity contribution in [3.8, 4) is 11.8 Å². The Bertz CT molecular complexity index is 726. The molecule has 0 atom stereocenters. The van der Waals surface area contributed by atoms with Crippen molar-refractivity contribution in [1.29, 1.82) is 5.26 Å². The van der Waals surface area contributed by atoms with Gasteiger partial charge >= 0.3 is 0 Å². The molecule has 102 valence electrons. The summed E-state index contributed by atoms with van der Waals surface area (Å²) < 4.78 is 5.87. The summed E-state index contributed by atoms with van der Waals surface area (Å²) in [6, 6.07) is 7.22. The number of aromatic amines is 1. The van der Waals surface area contributed by atoms with Crippen LogP contribution in [0.1, 0.15) is 32.9 Å². The topological polar surface area (TPSA) is 65.9 Å². The molecule has 20 heavy (non-hydrogen) atoms. The SMILES string of the molecule is COc1ccc(C(=O)c2c(C)[nH]c(C#N)c2C)cc1Br. The fourth-order valence-electron chi connectivity index (χ4n) is 2.15. The summed E-state index contributed by atoms with van der Waals surface area (Å²) in [6.45, 7) is 3.56. The molecule has 0 bridgehead atoms. The van der Waals surface area contributed by atoms with Crippen molar-refractivity contribution < 1.29 is 9.53 Å². The van der Waals surface area contributed by atoms with Crippen LogP contribution in [0.4, 0.5) is 0 Å². The maximum Gasteiger partial charge on any atom is 0.195 e. The van der Waals surface area contributed by atoms with Crippen molar-refractivity contribution >= 4 is 21.7 Å². The number of ether oxygens (including phenoxy) is 1. The fourth-order valence-corrected chi connectivity index (χ4v) is 2.70. The maximum atomic E-state index is 12.6. The molecule has 5 heteroatoms. The Hall–Kier alpha value is -2.06. The zero-order valence-electron chi connectivity index (χ0n) is 11.4. The number of nitriles is 1. The highest BCUT2D eigenvalue weighted by Crippen LogP contribution is 2.28. The van der Waals surface area contributed by atoms with E-state index in [1.165, 1.54) is 0 Å². The standard InChI is InChI=1S/C15H13BrN2O2/c1-8-12(7-17)18-9(2)14(8)15(19)10-4-5-13(20-3)11(16)6-10/h4-6,18H,1-3H3. The number of aromatic nitrogens is 1. The minimum Gasteiger partial charge on any atom is -0.496 e. The molecule has 4 nitrogen and oxygen atoms in total. The van der Waals surface area contributed by atoms with Gasteiger partial charge < -0.3 is 9.72 Å². The van der Waals surface area contributed by atoms with Crippen molar-refractivity contribution in [3.63, 3.8) is 0 Å². The number of carbonyl (C=O) groups is 1. The third kappa shape index (κ3) is 2.35. The number of aryl methyl sites for hydroxylation is 1. The van der Waals surface area contributed by atoms with E-state index < -0.39 is 0 Å². The second kappa shape index (κ2) is 5.51. The molecule has 0 unspecified atom stereocenters. The molecule has 0 aliphatic carbocycles. The Balaban J connectivity index is 2.50. The van der Waals surface area contributed by atoms with Gasteiger partial charge in [0.2, 0.25) is 0 Å². The Morgan fingerprint density at radius 3 is 2.60 bits per heavy atom. The van der Waals surface area contributed by atoms with Gasteiger partial charge in [-0.05, 0) is 53.5 Å². The van der Waals surface area contributed by atoms with Gasteiger partial charge in [0.1, 0.15) is 17.5 Å². The summed E-state index contributed by atoms with van der Waals surface area (Å²) >= 11 is 3.37. The molecular formula is C15H13BrN2O2. The minimum atomic E-state index is -0.110. The summed E-state index contributed by atoms with van der Waals surface area (Å²) in [6.07, 6.45) is 0. The third-order valence-corrected chi connectivity index (χ3v) is 3.81. The Morgan fingerprint density at radius 2 is 2.10 bits per heavy atom. The lowest BCUT2D eigenvalue weighted by molar-refractivity contribution is 0.103. The molecule has 1 aromatic carbocycles. The zero-order valence-corrected chi connectivity index (χ0v) is 13.0. The van der Waals surface area contributed by atoms with Crippen molar-refractivity contribution in [1.82, 2.24) is 4.98 Å². The van der Waals surface area contributed by atoms with Crippen LogP contribution in [0.5, 0.6) is 5.75 Å². The molecule has 0 aliphatic heterocycles. The number of hydrogen-bond acceptors (Lipinski definition) is 3. The summed E-state index contributed by atoms with van der Waals surface area (Å²) in [5, 5.41) is 9.00. The molecule has 0 saturated carbocycles. The summed E-state index contributed by atoms with van der Waals surface area (Å²) in [5.74, 6) is 0.558. The van der Waals surface area contributed by atoms with Gasteiger partial charge in [-0.15, -0.1) is 0 Å². The van der Waals surface area contributed by atoms with Crippen LogP contribution < -0.4 is 4.74 Å². The predicted molar refractivity (Wildman–Crippen MR) is 79.1 cm³/mol. The van der Waals surface area contributed by atoms with E-state index in [0.717, 1.165) is 4.47 Å². The number of hydrogen-bond donors (Lipinski definition) is 1. The van der Waals surface area contributed by atoms with E-state index in [9.17, 15) is 4.79 Å². The first kappa shape index (κ1) is 14.4. The highest BCUT2D eigenvalue weighted by atomic mass is 79.9. The number of rotatable bonds is 3. The normalized spacial score (nSPS) is 10.2. The molecule has 2 aromatic rings. The first-order valence-electron chi connectivity index (χ1n) is 5.97. The van der Waals surface area contributed by atoms with Gasteiger partial charge in [-0.3, -0.25) is 4.79 Å². The number of H-pyrrole nitrogens is 1. The van der Waals surface area contributed by atoms with Gasteiger partial charge in [-0.2, -0.15) is 5.26 Å². The number of benzene rings is 1. The van der Waals surface area contributed by atoms with E-state index in [4.69, 9.17) is 10.00 Å². The molecule has 1 heterocycles. The molecule has 0 spiro atoms. The predicted octanol–water partition coefficient (Wildman–Crippen LogP) is 3.51. The van der Waals surface area contributed by atoms with E-state index in [1.54, 1.807) is 39.2 Å². The lowest BCUT2D eigenvalue weighted by atomic mass is 10.00. The molecule has 1 aromatic heterocycles. The fraction of sp³-hybridized carbons (Fsp3) is 0.200. The van der Waals surface area contributed by atoms with Crippen LogP contribution in [0, 0.1) is 25.2 Å². The van der Waals surface area contributed by atoms with Crippen LogP contribution in [-0.2, 0) is 0 Å². The second-order valence-corrected chi connectivity index (χ2v) is 5.27. The van der Waals surface area contributed by atoms with E-state index in [1.807, 2.05) is 0 Å². The van der Waals surface area contributed by atoms with Crippen molar-refractivity contribution in [2.75, 3.05) is 7.11 Å². The van der Waals surface area contributed by atoms with Crippen LogP contribution in [0.15, 0.2) is 22.7 Å². The highest BCUT2D eigenvalue weighted by Gasteiger charge is 2.20. The minimum absolute atomic E-state index is 0.110. The van der Waals surface area contributed by atoms with Crippen LogP contribution >= 0.6 is 15.9 Å². The van der Waals surface area contributed by atoms with Gasteiger partial charge in [0, 0.05) is 16.8 Å². The lowest BCUT2D eigenvalue weighted by Gasteiger charge is -2.06. The number of carbonyl (C=O) groups excluding carboxylic acids is 1. The van der Waals surface area contributed by atoms with E-state index in [-0.39, 0.29) is 5.78 Å². The second-order valence-electron chi connectivity index (χ2n) is 4.42. The molecule has 0 saturated heterocycles. The zero-order chi connectivity index (χ0) is 14.9. The average Bonchev–Trinajstić information content (AvgIpc) is 2.72. The van der Waals surface area contributed by atoms with Gasteiger partial charge in [-0.25, -0.2) is 0 Å². The molecule has 2 rings (SSSR count). The highest BCUT2D eigenvalue weighted by molar-refractivity contribution is 9.10. The average molecular weight is 333 g/mol. The van der Waals surface area contributed by atoms with Gasteiger partial charge in [-0.1, -0.05) is 0 Å². The summed E-state index contributed by atoms with van der Waals surface area (Å²) in [4.78, 5) is 15.5. The van der Waals surface area contributed by atoms with E-state index >= 15 is 0 Å². The first-order chi connectivity index (χ1) is 9.49. The van der Waals surface area contributed by atoms with Gasteiger partial charge in [0.05, 0.1) is 11.6 Å². The molecule has 1 N–H and O–H groups in total. The van der Waals surface area contributed by atoms with Crippen LogP contribution in [0.25, 0.3) is 0 Å². The number of halogens is 1. The quantitative estimate of drug-likeness (QED) is 0.874. The maximum absolute atomic E-state index is 12.6. The Kier molecular flexibility index (Phi) is 3.96. The molecule has 0 radical (unpaired) electrons. The molecule has 0 amide bonds. The third-order valence-electron chi connectivity index (χ3n) is 3.19. The van der Waals surface area contributed by atoms with Gasteiger partial charge in [0.25, 0.3) is 0 Å². The van der Waals surface area contributed by atoms with Crippen molar-refractivity contribution in [3.05, 3.63) is 50.8 Å². The van der Waals surface area contributed by atoms with Crippen molar-refractivity contribution in [2.45, 2.75) is 13.8 Å². The molecular weight excluding hydrogens is 320 g/mol. The monoisotopic (exact) mass is 332 g/mol. The number of methoxy groups -OCH3 is 1. The van der Waals surface area contributed by atoms with Crippen LogP contribution in [-0.4, -0.2) is 17.9 Å². The summed E-state index contributed by atoms with van der Waals surface area (Å²) in [5.41, 5.74) is 2.92. The van der Waals surface area contributed by atoms with E-state index in [2.05, 4.69) is 27.0 Å². The van der Waals surface area contributed by atoms with E-state index in [0.29, 0.717) is 33.8 Å². The Morgan fingerprint density at radius 1 is 1.40 bits per heavy atom. The van der Waals surface area contributed by atoms with Crippen molar-refractivity contribution in [2.24, 2.45) is 0 Å². The smallest absolute Gasteiger partial charge is 0.195 e. The molecule has 0 fully saturated rings. The Labute approximate surface area is 125 Å². The molecule has 0 aliphatic rings. The number of nitrogens with one attached hydrogen (secondary N) is 1. The van der Waals surface area contributed by atoms with Crippen LogP contribution in [0.2, 0.25) is 0 Å². The largest absolute Gasteiger partial charge is 0.496 e. The lowest BCUT2D eigenvalue weighted by Crippen LogP contribution is -2.04. The first-order valence-corrected chi connectivity index (χ1v) is 6.76. The number of nitrogens with zero attached hydrogens (tertiary/aromatic N) is 1. The number of ketones is 1. The van der Waals surface area contributed by atoms with Gasteiger partial charge in [0.15, 0.2) is 5.78 Å². The van der Waals surface area contributed by atoms with Crippen LogP contribution in [0.3, 0.4) is 0 Å².